The summed E-state index contributed by atoms with van der Waals surface area (Å²) in [5.41, 5.74) is 10.2. The van der Waals surface area contributed by atoms with E-state index in [0.29, 0.717) is 13.1 Å². The molecule has 4 heteroatoms. The van der Waals surface area contributed by atoms with E-state index in [2.05, 4.69) is 0 Å². The van der Waals surface area contributed by atoms with Crippen LogP contribution in [-0.4, -0.2) is 34.5 Å². The van der Waals surface area contributed by atoms with Gasteiger partial charge in [-0.05, 0) is 49.4 Å². The molecule has 16 heavy (non-hydrogen) atoms. The molecule has 4 fully saturated rings. The van der Waals surface area contributed by atoms with Gasteiger partial charge in [-0.15, -0.1) is 0 Å². The standard InChI is InChI=1S/C12H22N2O2/c13-5-11(15)7-1-8-3-10(11)4-9(2-7)12(8,16)6-14/h7-10,15-16H,1-6,13-14H2. The van der Waals surface area contributed by atoms with Gasteiger partial charge in [0.15, 0.2) is 0 Å². The van der Waals surface area contributed by atoms with Crippen LogP contribution in [0.4, 0.5) is 0 Å². The fourth-order valence-electron chi connectivity index (χ4n) is 4.72. The molecule has 4 bridgehead atoms. The Balaban J connectivity index is 1.93. The summed E-state index contributed by atoms with van der Waals surface area (Å²) >= 11 is 0. The van der Waals surface area contributed by atoms with Gasteiger partial charge in [-0.3, -0.25) is 0 Å². The highest BCUT2D eigenvalue weighted by molar-refractivity contribution is 5.15. The summed E-state index contributed by atoms with van der Waals surface area (Å²) in [5, 5.41) is 21.2. The number of rotatable bonds is 2. The molecular weight excluding hydrogens is 204 g/mol. The molecule has 92 valence electrons. The largest absolute Gasteiger partial charge is 0.388 e. The second-order valence-corrected chi connectivity index (χ2v) is 6.12. The van der Waals surface area contributed by atoms with Gasteiger partial charge in [0.1, 0.15) is 0 Å². The van der Waals surface area contributed by atoms with Gasteiger partial charge in [-0.2, -0.15) is 0 Å². The maximum absolute atomic E-state index is 10.6. The van der Waals surface area contributed by atoms with Crippen LogP contribution in [-0.2, 0) is 0 Å². The molecule has 0 aromatic heterocycles. The van der Waals surface area contributed by atoms with Crippen LogP contribution >= 0.6 is 0 Å². The van der Waals surface area contributed by atoms with Crippen LogP contribution in [0.15, 0.2) is 0 Å². The van der Waals surface area contributed by atoms with Gasteiger partial charge < -0.3 is 21.7 Å². The van der Waals surface area contributed by atoms with E-state index >= 15 is 0 Å². The highest BCUT2D eigenvalue weighted by Gasteiger charge is 2.63. The molecule has 0 unspecified atom stereocenters. The maximum Gasteiger partial charge on any atom is 0.0825 e. The van der Waals surface area contributed by atoms with Crippen molar-refractivity contribution in [3.8, 4) is 0 Å². The third-order valence-electron chi connectivity index (χ3n) is 5.76. The lowest BCUT2D eigenvalue weighted by atomic mass is 9.45. The predicted octanol–water partition coefficient (Wildman–Crippen LogP) is -0.568. The summed E-state index contributed by atoms with van der Waals surface area (Å²) in [7, 11) is 0. The molecule has 6 N–H and O–H groups in total. The van der Waals surface area contributed by atoms with Gasteiger partial charge >= 0.3 is 0 Å². The molecule has 0 aliphatic heterocycles. The lowest BCUT2D eigenvalue weighted by molar-refractivity contribution is -0.239. The topological polar surface area (TPSA) is 92.5 Å². The minimum absolute atomic E-state index is 0.284. The van der Waals surface area contributed by atoms with Crippen molar-refractivity contribution in [3.63, 3.8) is 0 Å². The number of hydrogen-bond donors (Lipinski definition) is 4. The lowest BCUT2D eigenvalue weighted by Crippen LogP contribution is -2.70. The van der Waals surface area contributed by atoms with E-state index < -0.39 is 11.2 Å². The first-order valence-corrected chi connectivity index (χ1v) is 6.39. The van der Waals surface area contributed by atoms with Crippen molar-refractivity contribution in [2.24, 2.45) is 35.1 Å². The first-order valence-electron chi connectivity index (χ1n) is 6.39. The SMILES string of the molecule is NCC1(O)C2CC3CC1CC(C2)C3(O)CN. The summed E-state index contributed by atoms with van der Waals surface area (Å²) < 4.78 is 0. The zero-order valence-electron chi connectivity index (χ0n) is 9.60. The molecule has 4 saturated carbocycles. The van der Waals surface area contributed by atoms with E-state index in [-0.39, 0.29) is 23.7 Å². The predicted molar refractivity (Wildman–Crippen MR) is 60.4 cm³/mol. The second-order valence-electron chi connectivity index (χ2n) is 6.12. The first-order chi connectivity index (χ1) is 7.54. The molecule has 0 radical (unpaired) electrons. The van der Waals surface area contributed by atoms with E-state index in [0.717, 1.165) is 25.7 Å². The van der Waals surface area contributed by atoms with E-state index in [4.69, 9.17) is 11.5 Å². The molecule has 0 heterocycles. The molecule has 0 amide bonds. The summed E-state index contributed by atoms with van der Waals surface area (Å²) in [6.07, 6.45) is 3.59. The molecule has 4 aliphatic carbocycles. The molecule has 0 atom stereocenters. The van der Waals surface area contributed by atoms with Gasteiger partial charge in [-0.1, -0.05) is 0 Å². The molecule has 4 rings (SSSR count). The van der Waals surface area contributed by atoms with Gasteiger partial charge in [0.05, 0.1) is 11.2 Å². The fourth-order valence-corrected chi connectivity index (χ4v) is 4.72. The van der Waals surface area contributed by atoms with Gasteiger partial charge in [0.2, 0.25) is 0 Å². The zero-order chi connectivity index (χ0) is 11.6. The van der Waals surface area contributed by atoms with Crippen LogP contribution in [0.2, 0.25) is 0 Å². The van der Waals surface area contributed by atoms with Gasteiger partial charge in [0, 0.05) is 13.1 Å². The van der Waals surface area contributed by atoms with Crippen molar-refractivity contribution >= 4 is 0 Å². The van der Waals surface area contributed by atoms with E-state index in [1.165, 1.54) is 0 Å². The van der Waals surface area contributed by atoms with Crippen LogP contribution in [0.5, 0.6) is 0 Å². The van der Waals surface area contributed by atoms with Crippen LogP contribution in [0, 0.1) is 23.7 Å². The average molecular weight is 226 g/mol. The number of aliphatic hydroxyl groups is 2. The Labute approximate surface area is 96.0 Å². The van der Waals surface area contributed by atoms with E-state index in [9.17, 15) is 10.2 Å². The molecule has 0 spiro atoms. The van der Waals surface area contributed by atoms with Gasteiger partial charge in [0.25, 0.3) is 0 Å². The highest BCUT2D eigenvalue weighted by atomic mass is 16.3. The molecule has 4 aliphatic rings. The van der Waals surface area contributed by atoms with E-state index in [1.807, 2.05) is 0 Å². The second kappa shape index (κ2) is 3.19. The summed E-state index contributed by atoms with van der Waals surface area (Å²) in [4.78, 5) is 0. The lowest BCUT2D eigenvalue weighted by Gasteiger charge is -2.64. The molecular formula is C12H22N2O2. The van der Waals surface area contributed by atoms with Crippen molar-refractivity contribution in [2.75, 3.05) is 13.1 Å². The smallest absolute Gasteiger partial charge is 0.0825 e. The summed E-state index contributed by atoms with van der Waals surface area (Å²) in [6.45, 7) is 0.728. The summed E-state index contributed by atoms with van der Waals surface area (Å²) in [6, 6.07) is 0. The maximum atomic E-state index is 10.6. The normalized spacial score (nSPS) is 59.2. The monoisotopic (exact) mass is 226 g/mol. The third kappa shape index (κ3) is 1.09. The Morgan fingerprint density at radius 1 is 0.750 bits per heavy atom. The van der Waals surface area contributed by atoms with E-state index in [1.54, 1.807) is 0 Å². The van der Waals surface area contributed by atoms with Crippen LogP contribution in [0.25, 0.3) is 0 Å². The molecule has 0 saturated heterocycles. The van der Waals surface area contributed by atoms with Crippen LogP contribution in [0.3, 0.4) is 0 Å². The molecule has 4 nitrogen and oxygen atoms in total. The quantitative estimate of drug-likeness (QED) is 0.507. The van der Waals surface area contributed by atoms with Crippen LogP contribution < -0.4 is 11.5 Å². The molecule has 0 aromatic rings. The van der Waals surface area contributed by atoms with Crippen molar-refractivity contribution in [1.29, 1.82) is 0 Å². The zero-order valence-corrected chi connectivity index (χ0v) is 9.60. The van der Waals surface area contributed by atoms with Crippen molar-refractivity contribution in [3.05, 3.63) is 0 Å². The minimum Gasteiger partial charge on any atom is -0.388 e. The Kier molecular flexibility index (Phi) is 2.19. The van der Waals surface area contributed by atoms with Crippen molar-refractivity contribution in [1.82, 2.24) is 0 Å². The fraction of sp³-hybridized carbons (Fsp3) is 1.00. The summed E-state index contributed by atoms with van der Waals surface area (Å²) in [5.74, 6) is 1.14. The Bertz CT molecular complexity index is 249. The Morgan fingerprint density at radius 2 is 1.00 bits per heavy atom. The first kappa shape index (κ1) is 11.0. The third-order valence-corrected chi connectivity index (χ3v) is 5.76. The number of nitrogens with two attached hydrogens (primary N) is 2. The Morgan fingerprint density at radius 3 is 1.19 bits per heavy atom. The van der Waals surface area contributed by atoms with Crippen molar-refractivity contribution in [2.45, 2.75) is 36.9 Å². The highest BCUT2D eigenvalue weighted by Crippen LogP contribution is 2.61. The van der Waals surface area contributed by atoms with Crippen molar-refractivity contribution < 1.29 is 10.2 Å². The average Bonchev–Trinajstić information content (AvgIpc) is 2.27. The number of hydrogen-bond acceptors (Lipinski definition) is 4. The molecule has 0 aromatic carbocycles. The van der Waals surface area contributed by atoms with Gasteiger partial charge in [-0.25, -0.2) is 0 Å². The van der Waals surface area contributed by atoms with Crippen LogP contribution in [0.1, 0.15) is 25.7 Å². The Hall–Kier alpha value is -0.160. The minimum atomic E-state index is -0.664.